The van der Waals surface area contributed by atoms with E-state index in [0.717, 1.165) is 34.4 Å². The molecule has 0 amide bonds. The second-order valence-electron chi connectivity index (χ2n) is 9.11. The molecule has 4 aromatic rings. The van der Waals surface area contributed by atoms with E-state index in [-0.39, 0.29) is 29.7 Å². The summed E-state index contributed by atoms with van der Waals surface area (Å²) in [5, 5.41) is 12.8. The van der Waals surface area contributed by atoms with Crippen molar-refractivity contribution in [1.29, 1.82) is 0 Å². The third kappa shape index (κ3) is 4.33. The second-order valence-corrected chi connectivity index (χ2v) is 10.1. The predicted octanol–water partition coefficient (Wildman–Crippen LogP) is 6.09. The predicted molar refractivity (Wildman–Crippen MR) is 133 cm³/mol. The molecule has 7 heteroatoms. The van der Waals surface area contributed by atoms with Crippen LogP contribution < -0.4 is 5.32 Å². The van der Waals surface area contributed by atoms with Crippen LogP contribution >= 0.6 is 11.3 Å². The lowest BCUT2D eigenvalue weighted by molar-refractivity contribution is -0.137. The van der Waals surface area contributed by atoms with Crippen LogP contribution in [0.4, 0.5) is 4.39 Å². The van der Waals surface area contributed by atoms with Gasteiger partial charge in [-0.2, -0.15) is 0 Å². The van der Waals surface area contributed by atoms with Gasteiger partial charge in [0.1, 0.15) is 21.2 Å². The third-order valence-electron chi connectivity index (χ3n) is 6.56. The van der Waals surface area contributed by atoms with Gasteiger partial charge in [0, 0.05) is 23.1 Å². The average Bonchev–Trinajstić information content (AvgIpc) is 3.52. The van der Waals surface area contributed by atoms with E-state index in [4.69, 9.17) is 10.1 Å². The minimum absolute atomic E-state index is 0.0111. The van der Waals surface area contributed by atoms with Gasteiger partial charge in [0.2, 0.25) is 0 Å². The van der Waals surface area contributed by atoms with Crippen molar-refractivity contribution in [2.45, 2.75) is 50.6 Å². The summed E-state index contributed by atoms with van der Waals surface area (Å²) >= 11 is 1.41. The molecule has 174 valence electrons. The topological polar surface area (TPSA) is 75.1 Å². The Labute approximate surface area is 201 Å². The minimum atomic E-state index is -0.863. The van der Waals surface area contributed by atoms with Crippen LogP contribution in [0.2, 0.25) is 0 Å². The number of benzene rings is 2. The maximum Gasteiger partial charge on any atom is 0.304 e. The van der Waals surface area contributed by atoms with E-state index in [1.165, 1.54) is 23.0 Å². The molecule has 0 bridgehead atoms. The maximum atomic E-state index is 15.1. The maximum absolute atomic E-state index is 15.1. The molecule has 2 aromatic carbocycles. The van der Waals surface area contributed by atoms with Crippen molar-refractivity contribution in [3.63, 3.8) is 0 Å². The first kappa shape index (κ1) is 22.6. The Kier molecular flexibility index (Phi) is 5.91. The Hall–Kier alpha value is -3.16. The summed E-state index contributed by atoms with van der Waals surface area (Å²) in [5.74, 6) is -1.21. The lowest BCUT2D eigenvalue weighted by Crippen LogP contribution is -2.31. The molecule has 2 heterocycles. The lowest BCUT2D eigenvalue weighted by Gasteiger charge is -2.19. The number of hydrogen-bond donors (Lipinski definition) is 2. The quantitative estimate of drug-likeness (QED) is 0.322. The van der Waals surface area contributed by atoms with Crippen molar-refractivity contribution in [2.75, 3.05) is 0 Å². The first-order chi connectivity index (χ1) is 16.4. The molecule has 0 aliphatic heterocycles. The number of rotatable bonds is 8. The Morgan fingerprint density at radius 1 is 1.12 bits per heavy atom. The van der Waals surface area contributed by atoms with E-state index >= 15 is 4.39 Å². The average molecular weight is 476 g/mol. The van der Waals surface area contributed by atoms with Crippen molar-refractivity contribution >= 4 is 27.7 Å². The van der Waals surface area contributed by atoms with Gasteiger partial charge >= 0.3 is 5.97 Å². The molecule has 2 N–H and O–H groups in total. The Morgan fingerprint density at radius 2 is 1.88 bits per heavy atom. The number of carboxylic acids is 1. The first-order valence-electron chi connectivity index (χ1n) is 11.5. The largest absolute Gasteiger partial charge is 0.481 e. The molecule has 2 aromatic heterocycles. The van der Waals surface area contributed by atoms with Crippen molar-refractivity contribution < 1.29 is 14.3 Å². The number of carbonyl (C=O) groups is 1. The number of nitrogens with zero attached hydrogens (tertiary/aromatic N) is 2. The van der Waals surface area contributed by atoms with Crippen LogP contribution in [0.3, 0.4) is 0 Å². The molecule has 2 unspecified atom stereocenters. The summed E-state index contributed by atoms with van der Waals surface area (Å²) in [6.07, 6.45) is 2.17. The molecule has 5 nitrogen and oxygen atoms in total. The van der Waals surface area contributed by atoms with Crippen molar-refractivity contribution in [3.05, 3.63) is 83.3 Å². The summed E-state index contributed by atoms with van der Waals surface area (Å²) in [4.78, 5) is 21.3. The molecule has 34 heavy (non-hydrogen) atoms. The van der Waals surface area contributed by atoms with Gasteiger partial charge in [-0.25, -0.2) is 14.4 Å². The van der Waals surface area contributed by atoms with E-state index in [2.05, 4.69) is 40.6 Å². The van der Waals surface area contributed by atoms with E-state index in [0.29, 0.717) is 10.6 Å². The Balaban J connectivity index is 1.40. The molecule has 0 radical (unpaired) electrons. The number of hydrogen-bond acceptors (Lipinski definition) is 5. The first-order valence-corrected chi connectivity index (χ1v) is 12.3. The molecular weight excluding hydrogens is 449 g/mol. The normalized spacial score (nSPS) is 16.3. The fraction of sp³-hybridized carbons (Fsp3) is 0.296. The highest BCUT2D eigenvalue weighted by Gasteiger charge is 2.47. The van der Waals surface area contributed by atoms with Gasteiger partial charge in [-0.15, -0.1) is 0 Å². The molecule has 2 atom stereocenters. The number of halogens is 1. The molecule has 1 saturated carbocycles. The van der Waals surface area contributed by atoms with Crippen LogP contribution in [0.1, 0.15) is 56.0 Å². The van der Waals surface area contributed by atoms with Crippen LogP contribution in [0.25, 0.3) is 20.9 Å². The standard InChI is InChI=1S/C27H26FN3O2S/c1-16(14-24(32)33)29-17(2)18-8-9-20(21(28)15-18)25-30-22-10-11-23(31-26(22)34-25)27(12-13-27)19-6-4-3-5-7-19/h3-11,15-17,29H,12-14H2,1-2H3,(H,32,33). The number of pyridine rings is 1. The molecule has 5 rings (SSSR count). The van der Waals surface area contributed by atoms with Gasteiger partial charge < -0.3 is 10.4 Å². The van der Waals surface area contributed by atoms with Crippen LogP contribution in [0.5, 0.6) is 0 Å². The molecular formula is C27H26FN3O2S. The summed E-state index contributed by atoms with van der Waals surface area (Å²) in [5.41, 5.74) is 4.30. The SMILES string of the molecule is CC(CC(=O)O)NC(C)c1ccc(-c2nc3ccc(C4(c5ccccc5)CC4)nc3s2)c(F)c1. The van der Waals surface area contributed by atoms with Crippen molar-refractivity contribution in [1.82, 2.24) is 15.3 Å². The molecule has 1 aliphatic carbocycles. The Bertz CT molecular complexity index is 1350. The van der Waals surface area contributed by atoms with Gasteiger partial charge in [0.05, 0.1) is 12.1 Å². The summed E-state index contributed by atoms with van der Waals surface area (Å²) < 4.78 is 15.1. The highest BCUT2D eigenvalue weighted by Crippen LogP contribution is 2.53. The van der Waals surface area contributed by atoms with Gasteiger partial charge in [0.15, 0.2) is 0 Å². The summed E-state index contributed by atoms with van der Waals surface area (Å²) in [6.45, 7) is 3.71. The fourth-order valence-corrected chi connectivity index (χ4v) is 5.56. The van der Waals surface area contributed by atoms with Gasteiger partial charge in [0.25, 0.3) is 0 Å². The lowest BCUT2D eigenvalue weighted by atomic mass is 9.92. The van der Waals surface area contributed by atoms with Crippen molar-refractivity contribution in [3.8, 4) is 10.6 Å². The molecule has 0 spiro atoms. The van der Waals surface area contributed by atoms with Gasteiger partial charge in [-0.05, 0) is 62.1 Å². The monoisotopic (exact) mass is 475 g/mol. The minimum Gasteiger partial charge on any atom is -0.481 e. The summed E-state index contributed by atoms with van der Waals surface area (Å²) in [6, 6.07) is 19.2. The molecule has 1 aliphatic rings. The second kappa shape index (κ2) is 8.89. The number of nitrogens with one attached hydrogen (secondary N) is 1. The molecule has 0 saturated heterocycles. The Morgan fingerprint density at radius 3 is 2.56 bits per heavy atom. The van der Waals surface area contributed by atoms with Gasteiger partial charge in [-0.1, -0.05) is 47.7 Å². The zero-order chi connectivity index (χ0) is 23.9. The van der Waals surface area contributed by atoms with E-state index < -0.39 is 5.97 Å². The number of thiazole rings is 1. The fourth-order valence-electron chi connectivity index (χ4n) is 4.59. The highest BCUT2D eigenvalue weighted by molar-refractivity contribution is 7.21. The zero-order valence-electron chi connectivity index (χ0n) is 19.1. The smallest absolute Gasteiger partial charge is 0.304 e. The van der Waals surface area contributed by atoms with E-state index in [1.807, 2.05) is 25.1 Å². The number of aromatic nitrogens is 2. The van der Waals surface area contributed by atoms with Crippen LogP contribution in [-0.2, 0) is 10.2 Å². The third-order valence-corrected chi connectivity index (χ3v) is 7.56. The van der Waals surface area contributed by atoms with Crippen LogP contribution in [0, 0.1) is 5.82 Å². The highest BCUT2D eigenvalue weighted by atomic mass is 32.1. The van der Waals surface area contributed by atoms with Crippen LogP contribution in [-0.4, -0.2) is 27.1 Å². The van der Waals surface area contributed by atoms with Crippen LogP contribution in [0.15, 0.2) is 60.7 Å². The number of carboxylic acid groups (broad SMARTS) is 1. The summed E-state index contributed by atoms with van der Waals surface area (Å²) in [7, 11) is 0. The number of aliphatic carboxylic acids is 1. The molecule has 1 fully saturated rings. The van der Waals surface area contributed by atoms with Gasteiger partial charge in [-0.3, -0.25) is 4.79 Å². The van der Waals surface area contributed by atoms with E-state index in [9.17, 15) is 4.79 Å². The van der Waals surface area contributed by atoms with Crippen molar-refractivity contribution in [2.24, 2.45) is 0 Å². The number of fused-ring (bicyclic) bond motifs is 1. The zero-order valence-corrected chi connectivity index (χ0v) is 19.9. The van der Waals surface area contributed by atoms with E-state index in [1.54, 1.807) is 13.0 Å².